The molecule has 110 valence electrons. The summed E-state index contributed by atoms with van der Waals surface area (Å²) in [4.78, 5) is 13.0. The molecule has 1 unspecified atom stereocenters. The number of hydrogen-bond acceptors (Lipinski definition) is 4. The quantitative estimate of drug-likeness (QED) is 0.823. The molecule has 1 atom stereocenters. The average Bonchev–Trinajstić information content (AvgIpc) is 2.92. The Balaban J connectivity index is 2.25. The first-order valence-corrected chi connectivity index (χ1v) is 6.71. The normalized spacial score (nSPS) is 19.1. The molecule has 6 heteroatoms. The maximum absolute atomic E-state index is 10.7. The summed E-state index contributed by atoms with van der Waals surface area (Å²) >= 11 is 0. The lowest BCUT2D eigenvalue weighted by molar-refractivity contribution is -0.131. The summed E-state index contributed by atoms with van der Waals surface area (Å²) in [5.74, 6) is 0.558. The first-order chi connectivity index (χ1) is 9.52. The van der Waals surface area contributed by atoms with Gasteiger partial charge in [0.15, 0.2) is 0 Å². The molecule has 2 rings (SSSR count). The van der Waals surface area contributed by atoms with E-state index in [1.165, 1.54) is 0 Å². The second-order valence-electron chi connectivity index (χ2n) is 5.17. The molecule has 0 bridgehead atoms. The second-order valence-corrected chi connectivity index (χ2v) is 5.17. The molecule has 0 aliphatic carbocycles. The molecule has 0 radical (unpaired) electrons. The lowest BCUT2D eigenvalue weighted by atomic mass is 10.1. The van der Waals surface area contributed by atoms with Crippen molar-refractivity contribution in [2.45, 2.75) is 13.3 Å². The van der Waals surface area contributed by atoms with E-state index in [-0.39, 0.29) is 0 Å². The Hall–Kier alpha value is -1.82. The van der Waals surface area contributed by atoms with Crippen LogP contribution in [0, 0.1) is 12.8 Å². The average molecular weight is 279 g/mol. The van der Waals surface area contributed by atoms with Crippen LogP contribution in [0.4, 0.5) is 5.82 Å². The van der Waals surface area contributed by atoms with Crippen molar-refractivity contribution in [3.8, 4) is 0 Å². The van der Waals surface area contributed by atoms with Crippen LogP contribution in [0.1, 0.15) is 17.7 Å². The molecule has 0 spiro atoms. The molecule has 0 saturated carbocycles. The minimum Gasteiger partial charge on any atom is -0.478 e. The topological polar surface area (TPSA) is 67.6 Å². The van der Waals surface area contributed by atoms with E-state index in [1.807, 2.05) is 18.7 Å². The van der Waals surface area contributed by atoms with Crippen LogP contribution in [0.3, 0.4) is 0 Å². The molecule has 1 fully saturated rings. The number of methoxy groups -OCH3 is 1. The molecule has 2 heterocycles. The fourth-order valence-corrected chi connectivity index (χ4v) is 2.78. The van der Waals surface area contributed by atoms with E-state index in [2.05, 4.69) is 10.00 Å². The van der Waals surface area contributed by atoms with Gasteiger partial charge in [-0.2, -0.15) is 5.10 Å². The number of rotatable bonds is 5. The highest BCUT2D eigenvalue weighted by molar-refractivity contribution is 5.87. The number of carbonyl (C=O) groups is 1. The van der Waals surface area contributed by atoms with Gasteiger partial charge in [0.05, 0.1) is 12.3 Å². The van der Waals surface area contributed by atoms with Crippen LogP contribution in [-0.2, 0) is 16.6 Å². The van der Waals surface area contributed by atoms with Crippen LogP contribution < -0.4 is 4.90 Å². The van der Waals surface area contributed by atoms with Crippen molar-refractivity contribution in [2.75, 3.05) is 31.7 Å². The number of carboxylic acid groups (broad SMARTS) is 1. The predicted molar refractivity (Wildman–Crippen MR) is 76.8 cm³/mol. The Morgan fingerprint density at radius 3 is 3.00 bits per heavy atom. The van der Waals surface area contributed by atoms with Crippen LogP contribution in [0.25, 0.3) is 6.08 Å². The fourth-order valence-electron chi connectivity index (χ4n) is 2.78. The van der Waals surface area contributed by atoms with Gasteiger partial charge in [0, 0.05) is 44.8 Å². The smallest absolute Gasteiger partial charge is 0.328 e. The Bertz CT molecular complexity index is 522. The first-order valence-electron chi connectivity index (χ1n) is 6.71. The van der Waals surface area contributed by atoms with Crippen LogP contribution in [0.5, 0.6) is 0 Å². The van der Waals surface area contributed by atoms with E-state index in [1.54, 1.807) is 13.2 Å². The molecular formula is C14H21N3O3. The summed E-state index contributed by atoms with van der Waals surface area (Å²) < 4.78 is 7.04. The van der Waals surface area contributed by atoms with Gasteiger partial charge in [-0.3, -0.25) is 4.68 Å². The molecule has 1 saturated heterocycles. The lowest BCUT2D eigenvalue weighted by Crippen LogP contribution is -2.24. The monoisotopic (exact) mass is 279 g/mol. The van der Waals surface area contributed by atoms with Crippen molar-refractivity contribution in [2.24, 2.45) is 13.0 Å². The van der Waals surface area contributed by atoms with Gasteiger partial charge in [-0.05, 0) is 19.4 Å². The Morgan fingerprint density at radius 1 is 1.60 bits per heavy atom. The van der Waals surface area contributed by atoms with Crippen molar-refractivity contribution in [1.29, 1.82) is 0 Å². The van der Waals surface area contributed by atoms with Crippen LogP contribution in [0.15, 0.2) is 6.08 Å². The van der Waals surface area contributed by atoms with Gasteiger partial charge < -0.3 is 14.7 Å². The van der Waals surface area contributed by atoms with Gasteiger partial charge in [0.1, 0.15) is 5.82 Å². The lowest BCUT2D eigenvalue weighted by Gasteiger charge is -2.19. The second kappa shape index (κ2) is 6.09. The highest BCUT2D eigenvalue weighted by Gasteiger charge is 2.26. The summed E-state index contributed by atoms with van der Waals surface area (Å²) in [6.45, 7) is 4.52. The molecule has 20 heavy (non-hydrogen) atoms. The molecule has 1 N–H and O–H groups in total. The standard InChI is InChI=1S/C14H21N3O3/c1-10-12(4-5-13(18)19)14(16(2)15-10)17-7-6-11(8-17)9-20-3/h4-5,11H,6-9H2,1-3H3,(H,18,19). The van der Waals surface area contributed by atoms with Crippen LogP contribution in [-0.4, -0.2) is 47.7 Å². The fraction of sp³-hybridized carbons (Fsp3) is 0.571. The Labute approximate surface area is 118 Å². The number of aromatic nitrogens is 2. The zero-order valence-corrected chi connectivity index (χ0v) is 12.2. The van der Waals surface area contributed by atoms with Crippen LogP contribution >= 0.6 is 0 Å². The van der Waals surface area contributed by atoms with Crippen molar-refractivity contribution < 1.29 is 14.6 Å². The molecule has 0 aromatic carbocycles. The third-order valence-corrected chi connectivity index (χ3v) is 3.62. The van der Waals surface area contributed by atoms with Gasteiger partial charge >= 0.3 is 5.97 Å². The summed E-state index contributed by atoms with van der Waals surface area (Å²) in [6, 6.07) is 0. The number of hydrogen-bond donors (Lipinski definition) is 1. The minimum atomic E-state index is -0.946. The van der Waals surface area contributed by atoms with E-state index in [4.69, 9.17) is 9.84 Å². The third kappa shape index (κ3) is 3.01. The van der Waals surface area contributed by atoms with Gasteiger partial charge in [-0.25, -0.2) is 4.79 Å². The molecule has 1 aliphatic rings. The Kier molecular flexibility index (Phi) is 4.44. The zero-order chi connectivity index (χ0) is 14.7. The number of ether oxygens (including phenoxy) is 1. The molecule has 0 amide bonds. The highest BCUT2D eigenvalue weighted by atomic mass is 16.5. The minimum absolute atomic E-state index is 0.520. The van der Waals surface area contributed by atoms with Gasteiger partial charge in [0.2, 0.25) is 0 Å². The highest BCUT2D eigenvalue weighted by Crippen LogP contribution is 2.29. The summed E-state index contributed by atoms with van der Waals surface area (Å²) in [7, 11) is 3.61. The molecule has 1 aliphatic heterocycles. The van der Waals surface area contributed by atoms with Crippen LogP contribution in [0.2, 0.25) is 0 Å². The van der Waals surface area contributed by atoms with Gasteiger partial charge in [-0.15, -0.1) is 0 Å². The number of nitrogens with zero attached hydrogens (tertiary/aromatic N) is 3. The largest absolute Gasteiger partial charge is 0.478 e. The van der Waals surface area contributed by atoms with Crippen molar-refractivity contribution in [3.63, 3.8) is 0 Å². The number of aliphatic carboxylic acids is 1. The van der Waals surface area contributed by atoms with E-state index in [0.717, 1.165) is 49.3 Å². The van der Waals surface area contributed by atoms with Gasteiger partial charge in [0.25, 0.3) is 0 Å². The molecule has 1 aromatic heterocycles. The van der Waals surface area contributed by atoms with Crippen molar-refractivity contribution >= 4 is 17.9 Å². The third-order valence-electron chi connectivity index (χ3n) is 3.62. The molecule has 1 aromatic rings. The van der Waals surface area contributed by atoms with Crippen molar-refractivity contribution in [3.05, 3.63) is 17.3 Å². The maximum atomic E-state index is 10.7. The summed E-state index contributed by atoms with van der Waals surface area (Å²) in [6.07, 6.45) is 3.88. The van der Waals surface area contributed by atoms with E-state index in [0.29, 0.717) is 5.92 Å². The summed E-state index contributed by atoms with van der Waals surface area (Å²) in [5.41, 5.74) is 1.73. The summed E-state index contributed by atoms with van der Waals surface area (Å²) in [5, 5.41) is 13.2. The first kappa shape index (κ1) is 14.6. The predicted octanol–water partition coefficient (Wildman–Crippen LogP) is 1.30. The molecule has 6 nitrogen and oxygen atoms in total. The molecular weight excluding hydrogens is 258 g/mol. The van der Waals surface area contributed by atoms with E-state index >= 15 is 0 Å². The van der Waals surface area contributed by atoms with E-state index in [9.17, 15) is 4.79 Å². The number of carboxylic acids is 1. The SMILES string of the molecule is COCC1CCN(c2c(C=CC(=O)O)c(C)nn2C)C1. The van der Waals surface area contributed by atoms with E-state index < -0.39 is 5.97 Å². The number of anilines is 1. The zero-order valence-electron chi connectivity index (χ0n) is 12.2. The maximum Gasteiger partial charge on any atom is 0.328 e. The van der Waals surface area contributed by atoms with Crippen molar-refractivity contribution in [1.82, 2.24) is 9.78 Å². The Morgan fingerprint density at radius 2 is 2.35 bits per heavy atom. The number of aryl methyl sites for hydroxylation is 2. The van der Waals surface area contributed by atoms with Gasteiger partial charge in [-0.1, -0.05) is 0 Å².